The van der Waals surface area contributed by atoms with Gasteiger partial charge in [-0.2, -0.15) is 26.3 Å². The summed E-state index contributed by atoms with van der Waals surface area (Å²) in [6, 6.07) is 11.0. The van der Waals surface area contributed by atoms with Gasteiger partial charge in [-0.3, -0.25) is 9.59 Å². The molecule has 5 nitrogen and oxygen atoms in total. The number of benzene rings is 2. The van der Waals surface area contributed by atoms with Crippen molar-refractivity contribution in [3.8, 4) is 0 Å². The fourth-order valence-corrected chi connectivity index (χ4v) is 6.74. The number of piperidine rings is 1. The molecule has 43 heavy (non-hydrogen) atoms. The van der Waals surface area contributed by atoms with Crippen molar-refractivity contribution in [2.45, 2.75) is 83.2 Å². The highest BCUT2D eigenvalue weighted by Crippen LogP contribution is 2.48. The molecule has 2 aromatic carbocycles. The zero-order chi connectivity index (χ0) is 31.6. The number of amides is 1. The third-order valence-corrected chi connectivity index (χ3v) is 9.34. The van der Waals surface area contributed by atoms with Gasteiger partial charge in [0.1, 0.15) is 0 Å². The van der Waals surface area contributed by atoms with Crippen LogP contribution in [0.5, 0.6) is 0 Å². The fourth-order valence-electron chi connectivity index (χ4n) is 6.74. The van der Waals surface area contributed by atoms with E-state index in [2.05, 4.69) is 10.2 Å². The van der Waals surface area contributed by atoms with E-state index in [1.54, 1.807) is 6.92 Å². The molecule has 1 aliphatic heterocycles. The first kappa shape index (κ1) is 32.8. The van der Waals surface area contributed by atoms with Crippen LogP contribution in [0.25, 0.3) is 0 Å². The molecule has 1 aliphatic carbocycles. The van der Waals surface area contributed by atoms with Gasteiger partial charge in [-0.15, -0.1) is 0 Å². The van der Waals surface area contributed by atoms with Gasteiger partial charge < -0.3 is 15.0 Å². The van der Waals surface area contributed by atoms with Crippen molar-refractivity contribution in [2.75, 3.05) is 19.7 Å². The molecule has 1 amide bonds. The number of halogens is 6. The third-order valence-electron chi connectivity index (χ3n) is 9.34. The summed E-state index contributed by atoms with van der Waals surface area (Å²) in [5.74, 6) is -0.734. The maximum Gasteiger partial charge on any atom is 0.416 e. The highest BCUT2D eigenvalue weighted by Gasteiger charge is 2.51. The molecule has 1 saturated carbocycles. The van der Waals surface area contributed by atoms with Crippen LogP contribution >= 0.6 is 0 Å². The first-order valence-electron chi connectivity index (χ1n) is 14.7. The summed E-state index contributed by atoms with van der Waals surface area (Å²) in [5, 5.41) is 2.65. The first-order chi connectivity index (χ1) is 20.1. The van der Waals surface area contributed by atoms with Crippen LogP contribution in [0, 0.1) is 11.3 Å². The number of esters is 1. The lowest BCUT2D eigenvalue weighted by Crippen LogP contribution is -2.51. The Labute approximate surface area is 248 Å². The van der Waals surface area contributed by atoms with Gasteiger partial charge in [-0.25, -0.2) is 0 Å². The lowest BCUT2D eigenvalue weighted by Gasteiger charge is -2.43. The Bertz CT molecular complexity index is 1250. The Balaban J connectivity index is 1.47. The van der Waals surface area contributed by atoms with Gasteiger partial charge in [0.05, 0.1) is 28.6 Å². The van der Waals surface area contributed by atoms with Crippen molar-refractivity contribution < 1.29 is 40.7 Å². The number of ether oxygens (including phenoxy) is 1. The molecule has 2 aliphatic rings. The van der Waals surface area contributed by atoms with E-state index in [0.717, 1.165) is 5.56 Å². The highest BCUT2D eigenvalue weighted by molar-refractivity contribution is 5.84. The van der Waals surface area contributed by atoms with E-state index in [-0.39, 0.29) is 42.1 Å². The molecule has 0 radical (unpaired) electrons. The summed E-state index contributed by atoms with van der Waals surface area (Å²) in [7, 11) is 0. The Morgan fingerprint density at radius 2 is 1.53 bits per heavy atom. The maximum atomic E-state index is 13.6. The lowest BCUT2D eigenvalue weighted by atomic mass is 9.72. The van der Waals surface area contributed by atoms with Crippen LogP contribution in [0.3, 0.4) is 0 Å². The van der Waals surface area contributed by atoms with Gasteiger partial charge in [0.15, 0.2) is 0 Å². The Morgan fingerprint density at radius 1 is 0.953 bits per heavy atom. The molecule has 2 fully saturated rings. The summed E-state index contributed by atoms with van der Waals surface area (Å²) >= 11 is 0. The standard InChI is InChI=1S/C32H38F6N2O3/c1-4-43-28(42)29(23-8-6-5-7-9-23)12-14-40(15-13-29)26-10-11-30(19-26,21(2)3)27(41)39-20-22-16-24(31(33,34)35)18-25(17-22)32(36,37)38/h5-9,16-18,21,26H,4,10-15,19-20H2,1-3H3,(H,39,41). The summed E-state index contributed by atoms with van der Waals surface area (Å²) in [4.78, 5) is 29.0. The predicted octanol–water partition coefficient (Wildman–Crippen LogP) is 7.13. The number of alkyl halides is 6. The van der Waals surface area contributed by atoms with Gasteiger partial charge >= 0.3 is 18.3 Å². The van der Waals surface area contributed by atoms with Crippen LogP contribution < -0.4 is 5.32 Å². The van der Waals surface area contributed by atoms with E-state index in [0.29, 0.717) is 57.3 Å². The molecular formula is C32H38F6N2O3. The van der Waals surface area contributed by atoms with Crippen molar-refractivity contribution >= 4 is 11.9 Å². The van der Waals surface area contributed by atoms with E-state index >= 15 is 0 Å². The van der Waals surface area contributed by atoms with Gasteiger partial charge in [-0.1, -0.05) is 44.2 Å². The van der Waals surface area contributed by atoms with E-state index in [4.69, 9.17) is 4.74 Å². The van der Waals surface area contributed by atoms with E-state index < -0.39 is 40.9 Å². The quantitative estimate of drug-likeness (QED) is 0.255. The second kappa shape index (κ2) is 12.5. The topological polar surface area (TPSA) is 58.6 Å². The van der Waals surface area contributed by atoms with Crippen molar-refractivity contribution in [1.29, 1.82) is 0 Å². The Hall–Kier alpha value is -3.08. The molecule has 2 aromatic rings. The van der Waals surface area contributed by atoms with Crippen molar-refractivity contribution in [3.63, 3.8) is 0 Å². The van der Waals surface area contributed by atoms with Gasteiger partial charge in [0.2, 0.25) is 5.91 Å². The van der Waals surface area contributed by atoms with Gasteiger partial charge in [0, 0.05) is 12.6 Å². The van der Waals surface area contributed by atoms with E-state index in [9.17, 15) is 35.9 Å². The molecule has 0 aromatic heterocycles. The minimum Gasteiger partial charge on any atom is -0.465 e. The third kappa shape index (κ3) is 6.86. The molecule has 1 N–H and O–H groups in total. The van der Waals surface area contributed by atoms with Crippen LogP contribution in [0.1, 0.15) is 75.1 Å². The number of rotatable bonds is 8. The Morgan fingerprint density at radius 3 is 2.05 bits per heavy atom. The molecule has 1 saturated heterocycles. The number of likely N-dealkylation sites (tertiary alicyclic amines) is 1. The van der Waals surface area contributed by atoms with Crippen LogP contribution in [0.4, 0.5) is 26.3 Å². The SMILES string of the molecule is CCOC(=O)C1(c2ccccc2)CCN(C2CCC(C(=O)NCc3cc(C(F)(F)F)cc(C(F)(F)F)c3)(C(C)C)C2)CC1. The maximum absolute atomic E-state index is 13.6. The number of hydrogen-bond donors (Lipinski definition) is 1. The molecule has 0 spiro atoms. The molecule has 0 bridgehead atoms. The summed E-state index contributed by atoms with van der Waals surface area (Å²) in [6.07, 6.45) is -7.05. The fraction of sp³-hybridized carbons (Fsp3) is 0.562. The number of nitrogens with one attached hydrogen (secondary N) is 1. The second-order valence-electron chi connectivity index (χ2n) is 12.0. The highest BCUT2D eigenvalue weighted by atomic mass is 19.4. The Kier molecular flexibility index (Phi) is 9.54. The van der Waals surface area contributed by atoms with Crippen LogP contribution in [-0.2, 0) is 38.6 Å². The van der Waals surface area contributed by atoms with E-state index in [1.807, 2.05) is 44.2 Å². The molecule has 1 heterocycles. The first-order valence-corrected chi connectivity index (χ1v) is 14.7. The smallest absolute Gasteiger partial charge is 0.416 e. The molecular weight excluding hydrogens is 574 g/mol. The summed E-state index contributed by atoms with van der Waals surface area (Å²) < 4.78 is 85.3. The largest absolute Gasteiger partial charge is 0.465 e. The zero-order valence-corrected chi connectivity index (χ0v) is 24.6. The zero-order valence-electron chi connectivity index (χ0n) is 24.6. The van der Waals surface area contributed by atoms with Crippen molar-refractivity contribution in [1.82, 2.24) is 10.2 Å². The predicted molar refractivity (Wildman–Crippen MR) is 149 cm³/mol. The van der Waals surface area contributed by atoms with Crippen LogP contribution in [0.2, 0.25) is 0 Å². The van der Waals surface area contributed by atoms with Gasteiger partial charge in [-0.05, 0) is 87.4 Å². The van der Waals surface area contributed by atoms with Crippen molar-refractivity contribution in [3.05, 3.63) is 70.8 Å². The normalized spacial score (nSPS) is 22.9. The van der Waals surface area contributed by atoms with E-state index in [1.165, 1.54) is 0 Å². The number of carbonyl (C=O) groups excluding carboxylic acids is 2. The van der Waals surface area contributed by atoms with Crippen molar-refractivity contribution in [2.24, 2.45) is 11.3 Å². The average Bonchev–Trinajstić information content (AvgIpc) is 3.43. The van der Waals surface area contributed by atoms with Gasteiger partial charge in [0.25, 0.3) is 0 Å². The molecule has 2 atom stereocenters. The molecule has 4 rings (SSSR count). The minimum atomic E-state index is -4.96. The lowest BCUT2D eigenvalue weighted by molar-refractivity contribution is -0.152. The monoisotopic (exact) mass is 612 g/mol. The minimum absolute atomic E-state index is 0.0505. The number of nitrogens with zero attached hydrogens (tertiary/aromatic N) is 1. The molecule has 2 unspecified atom stereocenters. The second-order valence-corrected chi connectivity index (χ2v) is 12.0. The molecule has 11 heteroatoms. The van der Waals surface area contributed by atoms with Crippen LogP contribution in [0.15, 0.2) is 48.5 Å². The summed E-state index contributed by atoms with van der Waals surface area (Å²) in [5.41, 5.74) is -3.75. The molecule has 236 valence electrons. The van der Waals surface area contributed by atoms with Crippen LogP contribution in [-0.4, -0.2) is 42.5 Å². The number of hydrogen-bond acceptors (Lipinski definition) is 4. The number of carbonyl (C=O) groups is 2. The average molecular weight is 613 g/mol. The summed E-state index contributed by atoms with van der Waals surface area (Å²) in [6.45, 7) is 6.68.